The van der Waals surface area contributed by atoms with Gasteiger partial charge < -0.3 is 14.9 Å². The number of carboxylic acid groups (broad SMARTS) is 1. The molecule has 0 saturated carbocycles. The summed E-state index contributed by atoms with van der Waals surface area (Å²) in [5, 5.41) is 20.9. The average Bonchev–Trinajstić information content (AvgIpc) is 2.44. The third-order valence-electron chi connectivity index (χ3n) is 2.98. The van der Waals surface area contributed by atoms with Gasteiger partial charge in [0.05, 0.1) is 12.3 Å². The van der Waals surface area contributed by atoms with Gasteiger partial charge >= 0.3 is 12.1 Å². The van der Waals surface area contributed by atoms with Gasteiger partial charge in [0, 0.05) is 0 Å². The molecule has 0 saturated heterocycles. The van der Waals surface area contributed by atoms with E-state index in [0.717, 1.165) is 25.7 Å². The Morgan fingerprint density at radius 3 is 2.57 bits per heavy atom. The summed E-state index contributed by atoms with van der Waals surface area (Å²) in [5.41, 5.74) is -0.252. The van der Waals surface area contributed by atoms with Gasteiger partial charge in [0.25, 0.3) is 0 Å². The van der Waals surface area contributed by atoms with Gasteiger partial charge in [-0.05, 0) is 18.6 Å². The number of hydrogen-bond donors (Lipinski definition) is 3. The Kier molecular flexibility index (Phi) is 7.08. The Balaban J connectivity index is 2.41. The summed E-state index contributed by atoms with van der Waals surface area (Å²) in [6.07, 6.45) is 4.52. The first-order valence-corrected chi connectivity index (χ1v) is 7.05. The van der Waals surface area contributed by atoms with Crippen LogP contribution >= 0.6 is 0 Å². The van der Waals surface area contributed by atoms with Crippen LogP contribution in [-0.4, -0.2) is 28.9 Å². The van der Waals surface area contributed by atoms with Crippen molar-refractivity contribution in [2.45, 2.75) is 39.0 Å². The Labute approximate surface area is 123 Å². The smallest absolute Gasteiger partial charge is 0.411 e. The van der Waals surface area contributed by atoms with Crippen molar-refractivity contribution in [3.8, 4) is 5.75 Å². The topological polar surface area (TPSA) is 95.9 Å². The number of nitrogens with one attached hydrogen (secondary N) is 1. The zero-order valence-corrected chi connectivity index (χ0v) is 12.1. The van der Waals surface area contributed by atoms with Gasteiger partial charge in [0.2, 0.25) is 0 Å². The van der Waals surface area contributed by atoms with Gasteiger partial charge in [0.15, 0.2) is 5.75 Å². The zero-order chi connectivity index (χ0) is 15.7. The van der Waals surface area contributed by atoms with E-state index in [-0.39, 0.29) is 11.3 Å². The maximum Gasteiger partial charge on any atom is 0.411 e. The first-order chi connectivity index (χ1) is 10.1. The van der Waals surface area contributed by atoms with Crippen LogP contribution in [0.1, 0.15) is 49.4 Å². The highest BCUT2D eigenvalue weighted by atomic mass is 16.5. The molecule has 1 aromatic carbocycles. The zero-order valence-electron chi connectivity index (χ0n) is 12.1. The Morgan fingerprint density at radius 1 is 1.19 bits per heavy atom. The van der Waals surface area contributed by atoms with Crippen molar-refractivity contribution >= 4 is 17.7 Å². The van der Waals surface area contributed by atoms with Crippen LogP contribution in [-0.2, 0) is 4.74 Å². The molecule has 6 nitrogen and oxygen atoms in total. The summed E-state index contributed by atoms with van der Waals surface area (Å²) in [6, 6.07) is 4.09. The number of carbonyl (C=O) groups excluding carboxylic acids is 1. The Bertz CT molecular complexity index is 487. The number of aromatic hydroxyl groups is 1. The predicted octanol–water partition coefficient (Wildman–Crippen LogP) is 3.61. The van der Waals surface area contributed by atoms with Crippen LogP contribution in [0.25, 0.3) is 0 Å². The van der Waals surface area contributed by atoms with E-state index >= 15 is 0 Å². The van der Waals surface area contributed by atoms with Crippen LogP contribution in [0, 0.1) is 0 Å². The van der Waals surface area contributed by atoms with E-state index in [1.165, 1.54) is 24.6 Å². The van der Waals surface area contributed by atoms with Gasteiger partial charge in [-0.1, -0.05) is 38.7 Å². The second kappa shape index (κ2) is 8.84. The number of carboxylic acids is 1. The molecule has 3 N–H and O–H groups in total. The van der Waals surface area contributed by atoms with Crippen LogP contribution < -0.4 is 5.32 Å². The molecule has 1 amide bonds. The van der Waals surface area contributed by atoms with Crippen molar-refractivity contribution in [1.29, 1.82) is 0 Å². The van der Waals surface area contributed by atoms with Crippen molar-refractivity contribution in [2.24, 2.45) is 0 Å². The summed E-state index contributed by atoms with van der Waals surface area (Å²) in [6.45, 7) is 2.43. The molecule has 0 bridgehead atoms. The van der Waals surface area contributed by atoms with Crippen LogP contribution in [0.3, 0.4) is 0 Å². The molecule has 0 aliphatic carbocycles. The lowest BCUT2D eigenvalue weighted by Gasteiger charge is -2.09. The summed E-state index contributed by atoms with van der Waals surface area (Å²) in [4.78, 5) is 22.4. The standard InChI is InChI=1S/C15H21NO5/c1-2-3-4-5-6-10-21-15(20)16-12-9-7-8-11(13(12)17)14(18)19/h7-9,17H,2-6,10H2,1H3,(H,16,20)(H,18,19). The van der Waals surface area contributed by atoms with Gasteiger partial charge in [-0.15, -0.1) is 0 Å². The minimum atomic E-state index is -1.26. The van der Waals surface area contributed by atoms with E-state index in [1.54, 1.807) is 0 Å². The number of carbonyl (C=O) groups is 2. The number of para-hydroxylation sites is 1. The fraction of sp³-hybridized carbons (Fsp3) is 0.467. The molecular formula is C15H21NO5. The van der Waals surface area contributed by atoms with Crippen molar-refractivity contribution < 1.29 is 24.5 Å². The molecule has 0 fully saturated rings. The normalized spacial score (nSPS) is 10.1. The van der Waals surface area contributed by atoms with Gasteiger partial charge in [0.1, 0.15) is 5.56 Å². The van der Waals surface area contributed by atoms with Crippen molar-refractivity contribution in [2.75, 3.05) is 11.9 Å². The highest BCUT2D eigenvalue weighted by molar-refractivity contribution is 5.96. The fourth-order valence-electron chi connectivity index (χ4n) is 1.83. The lowest BCUT2D eigenvalue weighted by atomic mass is 10.1. The molecule has 0 heterocycles. The van der Waals surface area contributed by atoms with E-state index in [1.807, 2.05) is 0 Å². The molecule has 6 heteroatoms. The highest BCUT2D eigenvalue weighted by Gasteiger charge is 2.14. The van der Waals surface area contributed by atoms with Gasteiger partial charge in [-0.3, -0.25) is 5.32 Å². The third kappa shape index (κ3) is 5.72. The molecule has 0 radical (unpaired) electrons. The second-order valence-corrected chi connectivity index (χ2v) is 4.68. The van der Waals surface area contributed by atoms with Crippen LogP contribution in [0.5, 0.6) is 5.75 Å². The lowest BCUT2D eigenvalue weighted by Crippen LogP contribution is -2.15. The van der Waals surface area contributed by atoms with Crippen molar-refractivity contribution in [1.82, 2.24) is 0 Å². The minimum absolute atomic E-state index is 0.0193. The van der Waals surface area contributed by atoms with Crippen LogP contribution in [0.4, 0.5) is 10.5 Å². The van der Waals surface area contributed by atoms with E-state index in [2.05, 4.69) is 12.2 Å². The number of benzene rings is 1. The molecule has 0 aliphatic rings. The molecule has 0 unspecified atom stereocenters. The number of hydrogen-bond acceptors (Lipinski definition) is 4. The molecule has 0 aliphatic heterocycles. The van der Waals surface area contributed by atoms with Crippen LogP contribution in [0.2, 0.25) is 0 Å². The third-order valence-corrected chi connectivity index (χ3v) is 2.98. The van der Waals surface area contributed by atoms with Gasteiger partial charge in [-0.2, -0.15) is 0 Å². The molecule has 1 aromatic rings. The number of ether oxygens (including phenoxy) is 1. The summed E-state index contributed by atoms with van der Waals surface area (Å²) < 4.78 is 4.97. The number of phenols is 1. The lowest BCUT2D eigenvalue weighted by molar-refractivity contribution is 0.0693. The van der Waals surface area contributed by atoms with E-state index < -0.39 is 17.8 Å². The number of aromatic carboxylic acids is 1. The SMILES string of the molecule is CCCCCCCOC(=O)Nc1cccc(C(=O)O)c1O. The molecule has 21 heavy (non-hydrogen) atoms. The second-order valence-electron chi connectivity index (χ2n) is 4.68. The Hall–Kier alpha value is -2.24. The summed E-state index contributed by atoms with van der Waals surface area (Å²) in [7, 11) is 0. The fourth-order valence-corrected chi connectivity index (χ4v) is 1.83. The first-order valence-electron chi connectivity index (χ1n) is 7.05. The number of anilines is 1. The molecule has 116 valence electrons. The Morgan fingerprint density at radius 2 is 1.90 bits per heavy atom. The highest BCUT2D eigenvalue weighted by Crippen LogP contribution is 2.27. The molecule has 0 spiro atoms. The van der Waals surface area contributed by atoms with Crippen LogP contribution in [0.15, 0.2) is 18.2 Å². The molecule has 1 rings (SSSR count). The summed E-state index contributed by atoms with van der Waals surface area (Å²) >= 11 is 0. The monoisotopic (exact) mass is 295 g/mol. The number of amides is 1. The van der Waals surface area contributed by atoms with E-state index in [4.69, 9.17) is 9.84 Å². The maximum atomic E-state index is 11.5. The minimum Gasteiger partial charge on any atom is -0.505 e. The van der Waals surface area contributed by atoms with Crippen molar-refractivity contribution in [3.63, 3.8) is 0 Å². The molecular weight excluding hydrogens is 274 g/mol. The van der Waals surface area contributed by atoms with E-state index in [0.29, 0.717) is 6.61 Å². The number of unbranched alkanes of at least 4 members (excludes halogenated alkanes) is 4. The predicted molar refractivity (Wildman–Crippen MR) is 78.8 cm³/mol. The summed E-state index contributed by atoms with van der Waals surface area (Å²) in [5.74, 6) is -1.75. The first kappa shape index (κ1) is 16.8. The average molecular weight is 295 g/mol. The molecule has 0 atom stereocenters. The quantitative estimate of drug-likeness (QED) is 0.503. The van der Waals surface area contributed by atoms with Crippen molar-refractivity contribution in [3.05, 3.63) is 23.8 Å². The number of rotatable bonds is 8. The maximum absolute atomic E-state index is 11.5. The van der Waals surface area contributed by atoms with Gasteiger partial charge in [-0.25, -0.2) is 9.59 Å². The molecule has 0 aromatic heterocycles. The van der Waals surface area contributed by atoms with E-state index in [9.17, 15) is 14.7 Å². The largest absolute Gasteiger partial charge is 0.505 e.